The number of amides is 1. The van der Waals surface area contributed by atoms with Gasteiger partial charge >= 0.3 is 0 Å². The first-order chi connectivity index (χ1) is 18.3. The summed E-state index contributed by atoms with van der Waals surface area (Å²) in [5.74, 6) is -0.0675. The van der Waals surface area contributed by atoms with Crippen LogP contribution in [-0.2, 0) is 21.2 Å². The highest BCUT2D eigenvalue weighted by molar-refractivity contribution is 7.91. The number of piperidine rings is 1. The Kier molecular flexibility index (Phi) is 7.46. The molecule has 1 aliphatic heterocycles. The van der Waals surface area contributed by atoms with Gasteiger partial charge in [0.15, 0.2) is 9.84 Å². The Morgan fingerprint density at radius 2 is 1.63 bits per heavy atom. The van der Waals surface area contributed by atoms with Gasteiger partial charge in [0.1, 0.15) is 11.5 Å². The number of fused-ring (bicyclic) bond motifs is 1. The number of carboxylic acid groups (broad SMARTS) is 1. The third kappa shape index (κ3) is 5.43. The first-order valence-corrected chi connectivity index (χ1v) is 14.1. The fourth-order valence-electron chi connectivity index (χ4n) is 5.03. The van der Waals surface area contributed by atoms with E-state index in [9.17, 15) is 18.3 Å². The number of likely N-dealkylation sites (tertiary alicyclic amines) is 1. The fraction of sp³-hybridized carbons (Fsp3) is 0.233. The van der Waals surface area contributed by atoms with E-state index >= 15 is 0 Å². The molecule has 0 radical (unpaired) electrons. The smallest absolute Gasteiger partial charge is 0.198 e. The average molecular weight is 530 g/mol. The van der Waals surface area contributed by atoms with Crippen LogP contribution >= 0.6 is 0 Å². The van der Waals surface area contributed by atoms with Crippen LogP contribution in [0.2, 0.25) is 0 Å². The molecule has 5 rings (SSSR count). The monoisotopic (exact) mass is 529 g/mol. The van der Waals surface area contributed by atoms with Crippen LogP contribution in [0.15, 0.2) is 102 Å². The third-order valence-electron chi connectivity index (χ3n) is 7.19. The second kappa shape index (κ2) is 10.9. The Labute approximate surface area is 222 Å². The number of carbonyl (C=O) groups is 1. The Morgan fingerprint density at radius 1 is 0.947 bits per heavy atom. The number of sulfone groups is 1. The van der Waals surface area contributed by atoms with Crippen molar-refractivity contribution in [1.82, 2.24) is 4.90 Å². The van der Waals surface area contributed by atoms with Gasteiger partial charge in [-0.3, -0.25) is 0 Å². The molecule has 2 N–H and O–H groups in total. The molecule has 4 aromatic rings. The summed E-state index contributed by atoms with van der Waals surface area (Å²) in [5.41, 5.74) is 8.60. The summed E-state index contributed by atoms with van der Waals surface area (Å²) < 4.78 is 32.2. The lowest BCUT2D eigenvalue weighted by atomic mass is 9.86. The maximum atomic E-state index is 13.0. The first kappa shape index (κ1) is 25.9. The molecular weight excluding hydrogens is 500 g/mol. The van der Waals surface area contributed by atoms with Crippen molar-refractivity contribution in [3.05, 3.63) is 114 Å². The van der Waals surface area contributed by atoms with Crippen LogP contribution < -0.4 is 10.8 Å². The van der Waals surface area contributed by atoms with Crippen molar-refractivity contribution in [3.8, 4) is 0 Å². The summed E-state index contributed by atoms with van der Waals surface area (Å²) in [6.45, 7) is 0.877. The Hall–Kier alpha value is -3.72. The SMILES string of the molecule is NC(c1ccc(C2CCN(C(=O)[O-])CC2OCc2ccc3ccccc3c2)cc1)S(=O)(=O)c1ccccc1. The molecule has 3 unspecified atom stereocenters. The van der Waals surface area contributed by atoms with Gasteiger partial charge in [0.25, 0.3) is 0 Å². The second-order valence-electron chi connectivity index (χ2n) is 9.58. The van der Waals surface area contributed by atoms with Crippen molar-refractivity contribution in [2.75, 3.05) is 13.1 Å². The van der Waals surface area contributed by atoms with E-state index in [1.54, 1.807) is 30.3 Å². The van der Waals surface area contributed by atoms with Crippen LogP contribution in [0.25, 0.3) is 10.8 Å². The van der Waals surface area contributed by atoms with Gasteiger partial charge in [-0.15, -0.1) is 0 Å². The number of ether oxygens (including phenoxy) is 1. The lowest BCUT2D eigenvalue weighted by molar-refractivity contribution is -0.268. The van der Waals surface area contributed by atoms with Gasteiger partial charge in [-0.25, -0.2) is 8.42 Å². The number of hydrogen-bond donors (Lipinski definition) is 1. The maximum Gasteiger partial charge on any atom is 0.198 e. The van der Waals surface area contributed by atoms with E-state index in [0.717, 1.165) is 21.9 Å². The molecule has 0 spiro atoms. The lowest BCUT2D eigenvalue weighted by Gasteiger charge is -2.40. The van der Waals surface area contributed by atoms with E-state index in [-0.39, 0.29) is 23.5 Å². The van der Waals surface area contributed by atoms with E-state index in [0.29, 0.717) is 25.1 Å². The van der Waals surface area contributed by atoms with Crippen molar-refractivity contribution in [2.45, 2.75) is 35.3 Å². The van der Waals surface area contributed by atoms with Crippen molar-refractivity contribution in [2.24, 2.45) is 5.73 Å². The van der Waals surface area contributed by atoms with Gasteiger partial charge in [0, 0.05) is 19.0 Å². The zero-order valence-electron chi connectivity index (χ0n) is 20.8. The topological polar surface area (TPSA) is 113 Å². The number of benzene rings is 4. The third-order valence-corrected chi connectivity index (χ3v) is 9.06. The first-order valence-electron chi connectivity index (χ1n) is 12.5. The van der Waals surface area contributed by atoms with Gasteiger partial charge in [-0.1, -0.05) is 78.9 Å². The molecule has 1 saturated heterocycles. The lowest BCUT2D eigenvalue weighted by Crippen LogP contribution is -2.51. The molecule has 1 amide bonds. The van der Waals surface area contributed by atoms with Gasteiger partial charge in [-0.05, 0) is 52.1 Å². The summed E-state index contributed by atoms with van der Waals surface area (Å²) in [7, 11) is -3.74. The van der Waals surface area contributed by atoms with Gasteiger partial charge in [-0.2, -0.15) is 0 Å². The van der Waals surface area contributed by atoms with Crippen LogP contribution in [0.4, 0.5) is 4.79 Å². The highest BCUT2D eigenvalue weighted by atomic mass is 32.2. The van der Waals surface area contributed by atoms with E-state index < -0.39 is 21.3 Å². The maximum absolute atomic E-state index is 13.0. The normalized spacial score (nSPS) is 18.8. The quantitative estimate of drug-likeness (QED) is 0.387. The van der Waals surface area contributed by atoms with E-state index in [1.165, 1.54) is 17.0 Å². The van der Waals surface area contributed by atoms with Crippen molar-refractivity contribution >= 4 is 26.7 Å². The van der Waals surface area contributed by atoms with Gasteiger partial charge in [0.05, 0.1) is 17.6 Å². The largest absolute Gasteiger partial charge is 0.530 e. The number of hydrogen-bond acceptors (Lipinski definition) is 6. The average Bonchev–Trinajstić information content (AvgIpc) is 2.96. The molecule has 1 fully saturated rings. The molecule has 0 bridgehead atoms. The minimum Gasteiger partial charge on any atom is -0.530 e. The number of nitrogens with two attached hydrogens (primary N) is 1. The standard InChI is InChI=1S/C30H30N2O5S/c31-29(38(35,36)26-8-2-1-3-9-26)24-14-12-23(13-15-24)27-16-17-32(30(33)34)19-28(27)37-20-21-10-11-22-6-4-5-7-25(22)18-21/h1-15,18,27-29H,16-17,19-20,31H2,(H,33,34)/p-1. The van der Waals surface area contributed by atoms with Crippen LogP contribution in [0.3, 0.4) is 0 Å². The molecule has 1 aliphatic rings. The van der Waals surface area contributed by atoms with Crippen molar-refractivity contribution < 1.29 is 23.1 Å². The zero-order valence-corrected chi connectivity index (χ0v) is 21.6. The minimum absolute atomic E-state index is 0.0675. The van der Waals surface area contributed by atoms with Crippen LogP contribution in [0.1, 0.15) is 34.4 Å². The van der Waals surface area contributed by atoms with E-state index in [1.807, 2.05) is 42.5 Å². The minimum atomic E-state index is -3.74. The molecule has 7 nitrogen and oxygen atoms in total. The Bertz CT molecular complexity index is 1520. The Morgan fingerprint density at radius 3 is 2.34 bits per heavy atom. The molecule has 4 aromatic carbocycles. The molecule has 38 heavy (non-hydrogen) atoms. The number of rotatable bonds is 7. The highest BCUT2D eigenvalue weighted by Crippen LogP contribution is 2.33. The van der Waals surface area contributed by atoms with Gasteiger partial charge in [0.2, 0.25) is 0 Å². The molecule has 0 aromatic heterocycles. The number of carbonyl (C=O) groups excluding carboxylic acids is 1. The summed E-state index contributed by atoms with van der Waals surface area (Å²) in [6.07, 6.45) is -1.04. The van der Waals surface area contributed by atoms with Crippen LogP contribution in [0.5, 0.6) is 0 Å². The van der Waals surface area contributed by atoms with Crippen molar-refractivity contribution in [1.29, 1.82) is 0 Å². The van der Waals surface area contributed by atoms with Crippen LogP contribution in [0, 0.1) is 0 Å². The molecule has 1 heterocycles. The summed E-state index contributed by atoms with van der Waals surface area (Å²) >= 11 is 0. The molecule has 0 saturated carbocycles. The Balaban J connectivity index is 1.34. The fourth-order valence-corrected chi connectivity index (χ4v) is 6.38. The van der Waals surface area contributed by atoms with Crippen LogP contribution in [-0.4, -0.2) is 38.6 Å². The summed E-state index contributed by atoms with van der Waals surface area (Å²) in [5, 5.41) is 12.6. The van der Waals surface area contributed by atoms with E-state index in [4.69, 9.17) is 10.5 Å². The predicted molar refractivity (Wildman–Crippen MR) is 144 cm³/mol. The summed E-state index contributed by atoms with van der Waals surface area (Å²) in [4.78, 5) is 13.0. The molecule has 0 aliphatic carbocycles. The van der Waals surface area contributed by atoms with Gasteiger partial charge < -0.3 is 25.3 Å². The summed E-state index contributed by atoms with van der Waals surface area (Å²) in [6, 6.07) is 29.6. The number of nitrogens with zero attached hydrogens (tertiary/aromatic N) is 1. The molecule has 8 heteroatoms. The molecule has 3 atom stereocenters. The molecular formula is C30H29N2O5S-. The van der Waals surface area contributed by atoms with E-state index in [2.05, 4.69) is 12.1 Å². The zero-order chi connectivity index (χ0) is 26.7. The highest BCUT2D eigenvalue weighted by Gasteiger charge is 2.32. The second-order valence-corrected chi connectivity index (χ2v) is 11.7. The predicted octanol–water partition coefficient (Wildman–Crippen LogP) is 3.99. The molecule has 196 valence electrons. The van der Waals surface area contributed by atoms with Crippen molar-refractivity contribution in [3.63, 3.8) is 0 Å².